The third-order valence-corrected chi connectivity index (χ3v) is 5.98. The van der Waals surface area contributed by atoms with Crippen LogP contribution in [0.25, 0.3) is 22.5 Å². The molecule has 9 heteroatoms. The van der Waals surface area contributed by atoms with E-state index in [1.807, 2.05) is 24.3 Å². The molecule has 2 aliphatic heterocycles. The number of aromatic nitrogens is 4. The van der Waals surface area contributed by atoms with E-state index in [4.69, 9.17) is 9.47 Å². The van der Waals surface area contributed by atoms with E-state index in [1.165, 1.54) is 6.33 Å². The van der Waals surface area contributed by atoms with Crippen molar-refractivity contribution in [2.45, 2.75) is 24.9 Å². The molecule has 4 heterocycles. The Morgan fingerprint density at radius 1 is 1.12 bits per heavy atom. The van der Waals surface area contributed by atoms with Crippen LogP contribution in [0.3, 0.4) is 0 Å². The molecule has 2 saturated heterocycles. The Hall–Kier alpha value is -3.30. The number of nitrogens with one attached hydrogen (secondary N) is 1. The molecule has 0 unspecified atom stereocenters. The lowest BCUT2D eigenvalue weighted by atomic mass is 9.99. The van der Waals surface area contributed by atoms with Crippen molar-refractivity contribution in [3.8, 4) is 34.1 Å². The minimum Gasteiger partial charge on any atom is -0.507 e. The normalized spacial score (nSPS) is 19.6. The lowest BCUT2D eigenvalue weighted by molar-refractivity contribution is -0.0682. The molecule has 2 aromatic heterocycles. The highest BCUT2D eigenvalue weighted by atomic mass is 16.5. The molecule has 0 aliphatic carbocycles. The van der Waals surface area contributed by atoms with Crippen LogP contribution in [0, 0.1) is 0 Å². The van der Waals surface area contributed by atoms with Crippen molar-refractivity contribution in [2.24, 2.45) is 0 Å². The molecular formula is C23H26N6O3. The Labute approximate surface area is 186 Å². The summed E-state index contributed by atoms with van der Waals surface area (Å²) in [5.74, 6) is 1.43. The zero-order chi connectivity index (χ0) is 22.1. The molecule has 2 aliphatic rings. The Bertz CT molecular complexity index is 1100. The molecule has 5 rings (SSSR count). The van der Waals surface area contributed by atoms with Crippen LogP contribution in [-0.2, 0) is 4.74 Å². The van der Waals surface area contributed by atoms with Gasteiger partial charge in [-0.2, -0.15) is 0 Å². The highest BCUT2D eigenvalue weighted by Gasteiger charge is 2.37. The number of rotatable bonds is 6. The summed E-state index contributed by atoms with van der Waals surface area (Å²) in [6, 6.07) is 11.4. The van der Waals surface area contributed by atoms with Crippen molar-refractivity contribution in [1.29, 1.82) is 0 Å². The van der Waals surface area contributed by atoms with Gasteiger partial charge in [0, 0.05) is 36.3 Å². The number of nitrogens with zero attached hydrogens (tertiary/aromatic N) is 5. The fraction of sp³-hybridized carbons (Fsp3) is 0.391. The van der Waals surface area contributed by atoms with Gasteiger partial charge in [0.1, 0.15) is 12.1 Å². The van der Waals surface area contributed by atoms with Gasteiger partial charge in [-0.05, 0) is 37.6 Å². The summed E-state index contributed by atoms with van der Waals surface area (Å²) in [7, 11) is 1.55. The topological polar surface area (TPSA) is 106 Å². The number of hydrogen-bond acceptors (Lipinski definition) is 9. The standard InChI is InChI=1S/C23H26N6O3/c1-23(12-32-13-23)26-16-7-8-29(11-16)21-6-5-18(27-28-21)17-4-3-15(9-20(17)30)19-10-22(31-2)25-14-24-19/h3-6,9-10,14,16,26,30H,7-8,11-13H2,1-2H3/t16-/m0/s1. The number of aromatic hydroxyl groups is 1. The molecule has 9 nitrogen and oxygen atoms in total. The fourth-order valence-electron chi connectivity index (χ4n) is 4.22. The van der Waals surface area contributed by atoms with Crippen molar-refractivity contribution >= 4 is 5.82 Å². The number of benzene rings is 1. The molecule has 0 bridgehead atoms. The average Bonchev–Trinajstić information content (AvgIpc) is 3.26. The van der Waals surface area contributed by atoms with E-state index in [1.54, 1.807) is 19.2 Å². The number of phenolic OH excluding ortho intramolecular Hbond substituents is 1. The number of phenols is 1. The van der Waals surface area contributed by atoms with Crippen molar-refractivity contribution in [2.75, 3.05) is 38.3 Å². The maximum absolute atomic E-state index is 10.6. The second-order valence-corrected chi connectivity index (χ2v) is 8.58. The van der Waals surface area contributed by atoms with E-state index in [9.17, 15) is 5.11 Å². The highest BCUT2D eigenvalue weighted by Crippen LogP contribution is 2.33. The molecule has 2 N–H and O–H groups in total. The lowest BCUT2D eigenvalue weighted by Crippen LogP contribution is -2.61. The van der Waals surface area contributed by atoms with Crippen molar-refractivity contribution < 1.29 is 14.6 Å². The summed E-state index contributed by atoms with van der Waals surface area (Å²) in [6.45, 7) is 5.57. The van der Waals surface area contributed by atoms with E-state index >= 15 is 0 Å². The maximum atomic E-state index is 10.6. The van der Waals surface area contributed by atoms with Crippen LogP contribution in [-0.4, -0.2) is 70.3 Å². The van der Waals surface area contributed by atoms with Gasteiger partial charge in [0.05, 0.1) is 37.3 Å². The maximum Gasteiger partial charge on any atom is 0.216 e. The SMILES string of the molecule is COc1cc(-c2ccc(-c3ccc(N4CC[C@H](NC5(C)COC5)C4)nn3)c(O)c2)ncn1. The van der Waals surface area contributed by atoms with Crippen LogP contribution in [0.15, 0.2) is 42.7 Å². The van der Waals surface area contributed by atoms with Gasteiger partial charge in [-0.3, -0.25) is 0 Å². The molecule has 1 aromatic carbocycles. The summed E-state index contributed by atoms with van der Waals surface area (Å²) in [4.78, 5) is 10.5. The van der Waals surface area contributed by atoms with Crippen LogP contribution in [0.2, 0.25) is 0 Å². The highest BCUT2D eigenvalue weighted by molar-refractivity contribution is 5.73. The van der Waals surface area contributed by atoms with E-state index in [0.29, 0.717) is 28.9 Å². The predicted molar refractivity (Wildman–Crippen MR) is 120 cm³/mol. The second-order valence-electron chi connectivity index (χ2n) is 8.58. The zero-order valence-electron chi connectivity index (χ0n) is 18.2. The first-order valence-corrected chi connectivity index (χ1v) is 10.7. The first-order chi connectivity index (χ1) is 15.5. The van der Waals surface area contributed by atoms with Gasteiger partial charge in [0.2, 0.25) is 5.88 Å². The van der Waals surface area contributed by atoms with Crippen molar-refractivity contribution in [3.63, 3.8) is 0 Å². The number of methoxy groups -OCH3 is 1. The van der Waals surface area contributed by atoms with E-state index in [2.05, 4.69) is 37.3 Å². The summed E-state index contributed by atoms with van der Waals surface area (Å²) in [5, 5.41) is 23.1. The van der Waals surface area contributed by atoms with E-state index < -0.39 is 0 Å². The summed E-state index contributed by atoms with van der Waals surface area (Å²) in [5.41, 5.74) is 2.76. The van der Waals surface area contributed by atoms with Crippen LogP contribution < -0.4 is 15.0 Å². The molecule has 2 fully saturated rings. The van der Waals surface area contributed by atoms with Gasteiger partial charge in [-0.15, -0.1) is 10.2 Å². The molecular weight excluding hydrogens is 408 g/mol. The Morgan fingerprint density at radius 3 is 2.69 bits per heavy atom. The molecule has 0 amide bonds. The molecule has 0 radical (unpaired) electrons. The number of anilines is 1. The van der Waals surface area contributed by atoms with Gasteiger partial charge in [0.15, 0.2) is 5.82 Å². The third kappa shape index (κ3) is 4.09. The van der Waals surface area contributed by atoms with Crippen LogP contribution in [0.5, 0.6) is 11.6 Å². The first kappa shape index (κ1) is 20.6. The molecule has 0 spiro atoms. The summed E-state index contributed by atoms with van der Waals surface area (Å²) in [6.07, 6.45) is 2.50. The average molecular weight is 435 g/mol. The van der Waals surface area contributed by atoms with Gasteiger partial charge < -0.3 is 24.8 Å². The van der Waals surface area contributed by atoms with Crippen LogP contribution in [0.1, 0.15) is 13.3 Å². The third-order valence-electron chi connectivity index (χ3n) is 5.98. The smallest absolute Gasteiger partial charge is 0.216 e. The predicted octanol–water partition coefficient (Wildman–Crippen LogP) is 2.27. The monoisotopic (exact) mass is 434 g/mol. The lowest BCUT2D eigenvalue weighted by Gasteiger charge is -2.41. The molecule has 166 valence electrons. The minimum absolute atomic E-state index is 0.0941. The summed E-state index contributed by atoms with van der Waals surface area (Å²) >= 11 is 0. The van der Waals surface area contributed by atoms with Gasteiger partial charge in [-0.1, -0.05) is 6.07 Å². The van der Waals surface area contributed by atoms with Gasteiger partial charge in [-0.25, -0.2) is 9.97 Å². The van der Waals surface area contributed by atoms with E-state index in [-0.39, 0.29) is 11.3 Å². The summed E-state index contributed by atoms with van der Waals surface area (Å²) < 4.78 is 10.5. The molecule has 32 heavy (non-hydrogen) atoms. The minimum atomic E-state index is 0.0941. The largest absolute Gasteiger partial charge is 0.507 e. The second kappa shape index (κ2) is 8.33. The van der Waals surface area contributed by atoms with E-state index in [0.717, 1.165) is 44.1 Å². The first-order valence-electron chi connectivity index (χ1n) is 10.7. The quantitative estimate of drug-likeness (QED) is 0.604. The van der Waals surface area contributed by atoms with Crippen LogP contribution >= 0.6 is 0 Å². The van der Waals surface area contributed by atoms with Crippen molar-refractivity contribution in [1.82, 2.24) is 25.5 Å². The zero-order valence-corrected chi connectivity index (χ0v) is 18.2. The number of hydrogen-bond donors (Lipinski definition) is 2. The Kier molecular flexibility index (Phi) is 5.36. The van der Waals surface area contributed by atoms with Crippen LogP contribution in [0.4, 0.5) is 5.82 Å². The molecule has 3 aromatic rings. The number of ether oxygens (including phenoxy) is 2. The van der Waals surface area contributed by atoms with Gasteiger partial charge in [0.25, 0.3) is 0 Å². The molecule has 1 atom stereocenters. The van der Waals surface area contributed by atoms with Crippen molar-refractivity contribution in [3.05, 3.63) is 42.7 Å². The van der Waals surface area contributed by atoms with Gasteiger partial charge >= 0.3 is 0 Å². The Balaban J connectivity index is 1.29. The molecule has 0 saturated carbocycles. The Morgan fingerprint density at radius 2 is 2.00 bits per heavy atom. The fourth-order valence-corrected chi connectivity index (χ4v) is 4.22.